The SMILES string of the molecule is S=C(NCC[NH+]1CCOCC1)N1CCN(c2cccc(Cl)c2)CC1. The molecule has 0 bridgehead atoms. The fraction of sp³-hybridized carbons (Fsp3) is 0.588. The van der Waals surface area contributed by atoms with Crippen molar-refractivity contribution in [2.75, 3.05) is 70.5 Å². The molecule has 0 atom stereocenters. The molecule has 0 radical (unpaired) electrons. The molecule has 132 valence electrons. The summed E-state index contributed by atoms with van der Waals surface area (Å²) in [5.41, 5.74) is 1.19. The van der Waals surface area contributed by atoms with E-state index >= 15 is 0 Å². The van der Waals surface area contributed by atoms with Crippen LogP contribution in [0.1, 0.15) is 0 Å². The Balaban J connectivity index is 1.38. The van der Waals surface area contributed by atoms with Crippen molar-refractivity contribution >= 4 is 34.6 Å². The number of piperazine rings is 1. The fourth-order valence-electron chi connectivity index (χ4n) is 3.21. The number of hydrogen-bond acceptors (Lipinski definition) is 3. The van der Waals surface area contributed by atoms with Crippen LogP contribution < -0.4 is 15.1 Å². The molecule has 2 aliphatic heterocycles. The summed E-state index contributed by atoms with van der Waals surface area (Å²) < 4.78 is 5.39. The van der Waals surface area contributed by atoms with Gasteiger partial charge in [0.05, 0.1) is 26.3 Å². The average Bonchev–Trinajstić information content (AvgIpc) is 2.63. The van der Waals surface area contributed by atoms with Crippen LogP contribution in [-0.4, -0.2) is 75.6 Å². The van der Waals surface area contributed by atoms with E-state index in [1.807, 2.05) is 18.2 Å². The van der Waals surface area contributed by atoms with Crippen molar-refractivity contribution in [3.05, 3.63) is 29.3 Å². The Bertz CT molecular complexity index is 545. The highest BCUT2D eigenvalue weighted by Gasteiger charge is 2.20. The minimum atomic E-state index is 0.790. The lowest BCUT2D eigenvalue weighted by molar-refractivity contribution is -0.906. The lowest BCUT2D eigenvalue weighted by atomic mass is 10.2. The van der Waals surface area contributed by atoms with Crippen LogP contribution >= 0.6 is 23.8 Å². The molecular weight excluding hydrogens is 344 g/mol. The Kier molecular flexibility index (Phi) is 6.54. The van der Waals surface area contributed by atoms with Gasteiger partial charge in [-0.2, -0.15) is 0 Å². The number of ether oxygens (including phenoxy) is 1. The van der Waals surface area contributed by atoms with Gasteiger partial charge >= 0.3 is 0 Å². The molecule has 2 aliphatic rings. The number of benzene rings is 1. The zero-order chi connectivity index (χ0) is 16.8. The van der Waals surface area contributed by atoms with E-state index in [2.05, 4.69) is 21.2 Å². The number of anilines is 1. The highest BCUT2D eigenvalue weighted by molar-refractivity contribution is 7.80. The number of morpholine rings is 1. The second-order valence-electron chi connectivity index (χ2n) is 6.30. The van der Waals surface area contributed by atoms with Crippen LogP contribution in [-0.2, 0) is 4.74 Å². The molecule has 1 aromatic rings. The second kappa shape index (κ2) is 8.85. The molecule has 24 heavy (non-hydrogen) atoms. The van der Waals surface area contributed by atoms with Gasteiger partial charge in [0.2, 0.25) is 0 Å². The third kappa shape index (κ3) is 4.96. The lowest BCUT2D eigenvalue weighted by Gasteiger charge is -2.37. The van der Waals surface area contributed by atoms with E-state index in [0.29, 0.717) is 0 Å². The molecular formula is C17H26ClN4OS+. The van der Waals surface area contributed by atoms with E-state index in [4.69, 9.17) is 28.6 Å². The summed E-state index contributed by atoms with van der Waals surface area (Å²) in [6.45, 7) is 9.84. The van der Waals surface area contributed by atoms with Crippen LogP contribution in [0, 0.1) is 0 Å². The van der Waals surface area contributed by atoms with Crippen LogP contribution in [0.5, 0.6) is 0 Å². The molecule has 0 unspecified atom stereocenters. The molecule has 2 N–H and O–H groups in total. The van der Waals surface area contributed by atoms with Gasteiger partial charge < -0.3 is 24.8 Å². The Morgan fingerprint density at radius 1 is 1.21 bits per heavy atom. The number of nitrogens with one attached hydrogen (secondary N) is 2. The van der Waals surface area contributed by atoms with Crippen LogP contribution in [0.4, 0.5) is 5.69 Å². The van der Waals surface area contributed by atoms with Crippen molar-refractivity contribution in [1.82, 2.24) is 10.2 Å². The number of halogens is 1. The van der Waals surface area contributed by atoms with Gasteiger partial charge in [0.25, 0.3) is 0 Å². The predicted molar refractivity (Wildman–Crippen MR) is 102 cm³/mol. The van der Waals surface area contributed by atoms with Crippen molar-refractivity contribution in [3.63, 3.8) is 0 Å². The van der Waals surface area contributed by atoms with E-state index in [0.717, 1.165) is 75.7 Å². The first-order valence-electron chi connectivity index (χ1n) is 8.67. The van der Waals surface area contributed by atoms with E-state index in [1.54, 1.807) is 4.90 Å². The van der Waals surface area contributed by atoms with Gasteiger partial charge in [-0.25, -0.2) is 0 Å². The first-order valence-corrected chi connectivity index (χ1v) is 9.45. The maximum Gasteiger partial charge on any atom is 0.169 e. The van der Waals surface area contributed by atoms with Gasteiger partial charge in [-0.3, -0.25) is 0 Å². The quantitative estimate of drug-likeness (QED) is 0.743. The first-order chi connectivity index (χ1) is 11.7. The van der Waals surface area contributed by atoms with Gasteiger partial charge in [0, 0.05) is 36.9 Å². The highest BCUT2D eigenvalue weighted by atomic mass is 35.5. The summed E-state index contributed by atoms with van der Waals surface area (Å²) in [4.78, 5) is 6.23. The summed E-state index contributed by atoms with van der Waals surface area (Å²) >= 11 is 11.6. The standard InChI is InChI=1S/C17H25ClN4OS/c18-15-2-1-3-16(14-15)21-6-8-22(9-7-21)17(24)19-4-5-20-10-12-23-13-11-20/h1-3,14H,4-13H2,(H,19,24)/p+1. The van der Waals surface area contributed by atoms with Gasteiger partial charge in [0.1, 0.15) is 13.1 Å². The van der Waals surface area contributed by atoms with Gasteiger partial charge in [-0.1, -0.05) is 17.7 Å². The average molecular weight is 370 g/mol. The lowest BCUT2D eigenvalue weighted by Crippen LogP contribution is -3.14. The molecule has 3 rings (SSSR count). The normalized spacial score (nSPS) is 19.4. The molecule has 0 saturated carbocycles. The summed E-state index contributed by atoms with van der Waals surface area (Å²) in [6, 6.07) is 8.06. The van der Waals surface area contributed by atoms with Crippen molar-refractivity contribution in [1.29, 1.82) is 0 Å². The Hall–Kier alpha value is -1.08. The predicted octanol–water partition coefficient (Wildman–Crippen LogP) is 0.252. The smallest absolute Gasteiger partial charge is 0.169 e. The zero-order valence-electron chi connectivity index (χ0n) is 14.0. The molecule has 7 heteroatoms. The summed E-state index contributed by atoms with van der Waals surface area (Å²) in [7, 11) is 0. The number of thiocarbonyl (C=S) groups is 1. The maximum absolute atomic E-state index is 6.09. The Labute approximate surface area is 154 Å². The van der Waals surface area contributed by atoms with Crippen LogP contribution in [0.25, 0.3) is 0 Å². The molecule has 0 aromatic heterocycles. The first kappa shape index (κ1) is 17.7. The molecule has 2 fully saturated rings. The topological polar surface area (TPSA) is 32.2 Å². The van der Waals surface area contributed by atoms with Crippen LogP contribution in [0.15, 0.2) is 24.3 Å². The van der Waals surface area contributed by atoms with E-state index in [1.165, 1.54) is 5.69 Å². The van der Waals surface area contributed by atoms with Gasteiger partial charge in [0.15, 0.2) is 5.11 Å². The molecule has 0 aliphatic carbocycles. The largest absolute Gasteiger partial charge is 0.370 e. The van der Waals surface area contributed by atoms with Crippen molar-refractivity contribution in [2.45, 2.75) is 0 Å². The summed E-state index contributed by atoms with van der Waals surface area (Å²) in [5, 5.41) is 5.09. The summed E-state index contributed by atoms with van der Waals surface area (Å²) in [5.74, 6) is 0. The minimum Gasteiger partial charge on any atom is -0.370 e. The van der Waals surface area contributed by atoms with Crippen molar-refractivity contribution in [3.8, 4) is 0 Å². The Morgan fingerprint density at radius 2 is 1.96 bits per heavy atom. The fourth-order valence-corrected chi connectivity index (χ4v) is 3.68. The molecule has 0 spiro atoms. The zero-order valence-corrected chi connectivity index (χ0v) is 15.5. The second-order valence-corrected chi connectivity index (χ2v) is 7.12. The monoisotopic (exact) mass is 369 g/mol. The van der Waals surface area contributed by atoms with E-state index < -0.39 is 0 Å². The number of rotatable bonds is 4. The van der Waals surface area contributed by atoms with E-state index in [-0.39, 0.29) is 0 Å². The number of quaternary nitrogens is 1. The molecule has 2 saturated heterocycles. The molecule has 1 aromatic carbocycles. The van der Waals surface area contributed by atoms with Gasteiger partial charge in [-0.05, 0) is 30.4 Å². The molecule has 5 nitrogen and oxygen atoms in total. The third-order valence-electron chi connectivity index (χ3n) is 4.69. The minimum absolute atomic E-state index is 0.790. The van der Waals surface area contributed by atoms with Crippen molar-refractivity contribution in [2.24, 2.45) is 0 Å². The van der Waals surface area contributed by atoms with Crippen LogP contribution in [0.2, 0.25) is 5.02 Å². The highest BCUT2D eigenvalue weighted by Crippen LogP contribution is 2.20. The Morgan fingerprint density at radius 3 is 2.67 bits per heavy atom. The number of nitrogens with zero attached hydrogens (tertiary/aromatic N) is 2. The third-order valence-corrected chi connectivity index (χ3v) is 5.33. The molecule has 0 amide bonds. The van der Waals surface area contributed by atoms with Gasteiger partial charge in [-0.15, -0.1) is 0 Å². The summed E-state index contributed by atoms with van der Waals surface area (Å²) in [6.07, 6.45) is 0. The molecule has 2 heterocycles. The van der Waals surface area contributed by atoms with E-state index in [9.17, 15) is 0 Å². The van der Waals surface area contributed by atoms with Crippen LogP contribution in [0.3, 0.4) is 0 Å². The number of hydrogen-bond donors (Lipinski definition) is 2. The maximum atomic E-state index is 6.09. The van der Waals surface area contributed by atoms with Crippen molar-refractivity contribution < 1.29 is 9.64 Å².